The van der Waals surface area contributed by atoms with Gasteiger partial charge in [-0.25, -0.2) is 0 Å². The highest BCUT2D eigenvalue weighted by Crippen LogP contribution is 2.37. The first-order valence-electron chi connectivity index (χ1n) is 10.8. The first-order valence-corrected chi connectivity index (χ1v) is 10.8. The summed E-state index contributed by atoms with van der Waals surface area (Å²) in [6.45, 7) is 2.65. The molecule has 0 spiro atoms. The summed E-state index contributed by atoms with van der Waals surface area (Å²) in [6.07, 6.45) is -4.68. The molecule has 2 saturated heterocycles. The number of hydrogen-bond acceptors (Lipinski definition) is 8. The lowest BCUT2D eigenvalue weighted by Crippen LogP contribution is -2.63. The lowest BCUT2D eigenvalue weighted by Gasteiger charge is -2.45. The Morgan fingerprint density at radius 1 is 1.06 bits per heavy atom. The fraction of sp³-hybridized carbons (Fsp3) is 0.500. The number of aliphatic hydroxyl groups is 5. The van der Waals surface area contributed by atoms with E-state index < -0.39 is 36.8 Å². The first-order chi connectivity index (χ1) is 15.3. The Hall–Kier alpha value is -2.04. The molecule has 2 aliphatic rings. The molecule has 6 atom stereocenters. The molecule has 32 heavy (non-hydrogen) atoms. The summed E-state index contributed by atoms with van der Waals surface area (Å²) in [4.78, 5) is 0. The van der Waals surface area contributed by atoms with E-state index in [0.717, 1.165) is 35.5 Å². The third kappa shape index (κ3) is 4.53. The number of hydrogen-bond donors (Lipinski definition) is 5. The Morgan fingerprint density at radius 2 is 1.81 bits per heavy atom. The normalized spacial score (nSPS) is 32.8. The summed E-state index contributed by atoms with van der Waals surface area (Å²) in [7, 11) is 0. The Balaban J connectivity index is 1.53. The van der Waals surface area contributed by atoms with Gasteiger partial charge in [0.1, 0.15) is 36.3 Å². The van der Waals surface area contributed by atoms with Gasteiger partial charge in [-0.15, -0.1) is 0 Å². The maximum Gasteiger partial charge on any atom is 0.222 e. The third-order valence-corrected chi connectivity index (χ3v) is 6.24. The molecule has 0 saturated carbocycles. The van der Waals surface area contributed by atoms with E-state index in [2.05, 4.69) is 0 Å². The zero-order valence-electron chi connectivity index (χ0n) is 17.9. The second-order valence-corrected chi connectivity index (χ2v) is 8.53. The van der Waals surface area contributed by atoms with E-state index in [1.54, 1.807) is 18.2 Å². The smallest absolute Gasteiger partial charge is 0.222 e. The summed E-state index contributed by atoms with van der Waals surface area (Å²) >= 11 is 0. The summed E-state index contributed by atoms with van der Waals surface area (Å²) in [5, 5.41) is 51.1. The molecule has 0 radical (unpaired) electrons. The van der Waals surface area contributed by atoms with Crippen molar-refractivity contribution in [2.75, 3.05) is 19.8 Å². The molecule has 2 aliphatic heterocycles. The van der Waals surface area contributed by atoms with Crippen molar-refractivity contribution in [2.24, 2.45) is 0 Å². The third-order valence-electron chi connectivity index (χ3n) is 6.24. The molecule has 8 nitrogen and oxygen atoms in total. The van der Waals surface area contributed by atoms with Gasteiger partial charge in [-0.1, -0.05) is 24.3 Å². The van der Waals surface area contributed by atoms with Crippen LogP contribution in [0.25, 0.3) is 0 Å². The average molecular weight is 446 g/mol. The molecule has 0 unspecified atom stereocenters. The highest BCUT2D eigenvalue weighted by molar-refractivity contribution is 5.39. The monoisotopic (exact) mass is 446 g/mol. The van der Waals surface area contributed by atoms with Gasteiger partial charge >= 0.3 is 0 Å². The average Bonchev–Trinajstić information content (AvgIpc) is 3.30. The first kappa shape index (κ1) is 23.1. The number of aliphatic hydroxyl groups excluding tert-OH is 4. The molecule has 0 aromatic heterocycles. The van der Waals surface area contributed by atoms with Crippen LogP contribution in [0.5, 0.6) is 5.75 Å². The standard InChI is InChI=1S/C24H30O8/c1-14-2-5-17(24(29)23(28)22(27)21(26)20(12-25)32-24)11-16(14)10-15-3-6-18(7-4-15)31-19-8-9-30-13-19/h2-7,11,19-23,25-29H,8-10,12-13H2,1H3/t19-,20+,21+,22-,23+,24-/m0/s1. The van der Waals surface area contributed by atoms with Crippen molar-refractivity contribution in [3.05, 3.63) is 64.7 Å². The van der Waals surface area contributed by atoms with Gasteiger partial charge in [0.2, 0.25) is 5.79 Å². The van der Waals surface area contributed by atoms with Crippen LogP contribution in [0.15, 0.2) is 42.5 Å². The minimum absolute atomic E-state index is 0.0825. The topological polar surface area (TPSA) is 129 Å². The zero-order valence-corrected chi connectivity index (χ0v) is 17.9. The summed E-state index contributed by atoms with van der Waals surface area (Å²) in [5.41, 5.74) is 3.13. The lowest BCUT2D eigenvalue weighted by molar-refractivity contribution is -0.357. The molecule has 4 rings (SSSR count). The van der Waals surface area contributed by atoms with E-state index in [1.807, 2.05) is 31.2 Å². The van der Waals surface area contributed by atoms with Crippen molar-refractivity contribution in [3.63, 3.8) is 0 Å². The van der Waals surface area contributed by atoms with Crippen LogP contribution in [0.1, 0.15) is 28.7 Å². The molecule has 2 aromatic carbocycles. The van der Waals surface area contributed by atoms with Gasteiger partial charge < -0.3 is 39.7 Å². The summed E-state index contributed by atoms with van der Waals surface area (Å²) in [6, 6.07) is 12.9. The number of benzene rings is 2. The predicted octanol–water partition coefficient (Wildman–Crippen LogP) is 0.372. The van der Waals surface area contributed by atoms with Gasteiger partial charge in [0.15, 0.2) is 0 Å². The van der Waals surface area contributed by atoms with E-state index in [9.17, 15) is 25.5 Å². The Labute approximate surface area is 186 Å². The van der Waals surface area contributed by atoms with Gasteiger partial charge in [0.25, 0.3) is 0 Å². The van der Waals surface area contributed by atoms with Crippen LogP contribution in [0.4, 0.5) is 0 Å². The van der Waals surface area contributed by atoms with Crippen LogP contribution in [0, 0.1) is 6.92 Å². The maximum atomic E-state index is 11.1. The lowest BCUT2D eigenvalue weighted by atomic mass is 9.86. The minimum atomic E-state index is -2.27. The van der Waals surface area contributed by atoms with Crippen molar-refractivity contribution in [2.45, 2.75) is 56.1 Å². The fourth-order valence-electron chi connectivity index (χ4n) is 4.18. The van der Waals surface area contributed by atoms with Crippen LogP contribution in [0.2, 0.25) is 0 Å². The molecule has 8 heteroatoms. The highest BCUT2D eigenvalue weighted by atomic mass is 16.7. The van der Waals surface area contributed by atoms with Gasteiger partial charge in [0, 0.05) is 12.0 Å². The second-order valence-electron chi connectivity index (χ2n) is 8.53. The Bertz CT molecular complexity index is 909. The second kappa shape index (κ2) is 9.44. The summed E-state index contributed by atoms with van der Waals surface area (Å²) in [5.74, 6) is -1.49. The fourth-order valence-corrected chi connectivity index (χ4v) is 4.18. The van der Waals surface area contributed by atoms with Crippen LogP contribution < -0.4 is 4.74 Å². The van der Waals surface area contributed by atoms with E-state index in [-0.39, 0.29) is 11.7 Å². The number of aryl methyl sites for hydroxylation is 1. The van der Waals surface area contributed by atoms with E-state index in [0.29, 0.717) is 13.0 Å². The predicted molar refractivity (Wildman–Crippen MR) is 114 cm³/mol. The molecule has 2 aromatic rings. The van der Waals surface area contributed by atoms with Crippen molar-refractivity contribution in [1.82, 2.24) is 0 Å². The largest absolute Gasteiger partial charge is 0.488 e. The van der Waals surface area contributed by atoms with Crippen molar-refractivity contribution < 1.29 is 39.7 Å². The van der Waals surface area contributed by atoms with Gasteiger partial charge in [-0.05, 0) is 48.2 Å². The highest BCUT2D eigenvalue weighted by Gasteiger charge is 2.53. The van der Waals surface area contributed by atoms with Crippen LogP contribution in [-0.2, 0) is 21.7 Å². The van der Waals surface area contributed by atoms with Crippen LogP contribution in [-0.4, -0.2) is 75.9 Å². The SMILES string of the molecule is Cc1ccc([C@]2(O)O[C@H](CO)[C@@H](O)[C@H](O)[C@H]2O)cc1Cc1ccc(O[C@H]2CCOC2)cc1. The van der Waals surface area contributed by atoms with E-state index in [1.165, 1.54) is 0 Å². The molecular formula is C24H30O8. The molecule has 174 valence electrons. The van der Waals surface area contributed by atoms with Gasteiger partial charge in [-0.3, -0.25) is 0 Å². The maximum absolute atomic E-state index is 11.1. The Kier molecular flexibility index (Phi) is 6.83. The van der Waals surface area contributed by atoms with Crippen molar-refractivity contribution in [1.29, 1.82) is 0 Å². The molecule has 0 bridgehead atoms. The number of ether oxygens (including phenoxy) is 3. The van der Waals surface area contributed by atoms with Gasteiger partial charge in [-0.2, -0.15) is 0 Å². The number of rotatable bonds is 6. The van der Waals surface area contributed by atoms with Crippen LogP contribution >= 0.6 is 0 Å². The Morgan fingerprint density at radius 3 is 2.47 bits per heavy atom. The van der Waals surface area contributed by atoms with Crippen molar-refractivity contribution in [3.8, 4) is 5.75 Å². The van der Waals surface area contributed by atoms with Gasteiger partial charge in [0.05, 0.1) is 19.8 Å². The van der Waals surface area contributed by atoms with Crippen molar-refractivity contribution >= 4 is 0 Å². The van der Waals surface area contributed by atoms with E-state index in [4.69, 9.17) is 14.2 Å². The zero-order chi connectivity index (χ0) is 22.9. The molecule has 2 fully saturated rings. The molecular weight excluding hydrogens is 416 g/mol. The molecule has 0 amide bonds. The minimum Gasteiger partial charge on any atom is -0.488 e. The molecule has 5 N–H and O–H groups in total. The quantitative estimate of drug-likeness (QED) is 0.431. The summed E-state index contributed by atoms with van der Waals surface area (Å²) < 4.78 is 16.7. The molecule has 2 heterocycles. The molecule has 0 aliphatic carbocycles. The van der Waals surface area contributed by atoms with Crippen LogP contribution in [0.3, 0.4) is 0 Å². The van der Waals surface area contributed by atoms with E-state index >= 15 is 0 Å².